The van der Waals surface area contributed by atoms with Crippen molar-refractivity contribution in [1.29, 1.82) is 10.5 Å². The Morgan fingerprint density at radius 3 is 2.79 bits per heavy atom. The number of thiazole rings is 1. The second-order valence-corrected chi connectivity index (χ2v) is 8.24. The molecule has 6 nitrogen and oxygen atoms in total. The number of thioether (sulfide) groups is 1. The molecule has 28 heavy (non-hydrogen) atoms. The van der Waals surface area contributed by atoms with Gasteiger partial charge in [-0.15, -0.1) is 11.3 Å². The topological polar surface area (TPSA) is 109 Å². The van der Waals surface area contributed by atoms with E-state index >= 15 is 0 Å². The average Bonchev–Trinajstić information content (AvgIpc) is 3.33. The van der Waals surface area contributed by atoms with Crippen LogP contribution in [0.15, 0.2) is 28.6 Å². The Balaban J connectivity index is 1.81. The minimum Gasteiger partial charge on any atom is -0.493 e. The number of anilines is 1. The van der Waals surface area contributed by atoms with Crippen LogP contribution in [0.25, 0.3) is 11.1 Å². The first-order valence-corrected chi connectivity index (χ1v) is 10.4. The molecule has 2 aromatic heterocycles. The van der Waals surface area contributed by atoms with Gasteiger partial charge in [0.05, 0.1) is 22.9 Å². The van der Waals surface area contributed by atoms with Gasteiger partial charge >= 0.3 is 0 Å². The summed E-state index contributed by atoms with van der Waals surface area (Å²) in [5, 5.41) is 23.0. The van der Waals surface area contributed by atoms with Crippen LogP contribution in [0, 0.1) is 29.6 Å². The number of nitrogens with two attached hydrogens (primary N) is 1. The number of hydrogen-bond acceptors (Lipinski definition) is 8. The first kappa shape index (κ1) is 18.3. The van der Waals surface area contributed by atoms with Gasteiger partial charge in [-0.2, -0.15) is 10.5 Å². The molecule has 0 saturated heterocycles. The van der Waals surface area contributed by atoms with Crippen molar-refractivity contribution in [2.45, 2.75) is 24.1 Å². The number of hydrogen-bond donors (Lipinski definition) is 1. The van der Waals surface area contributed by atoms with Gasteiger partial charge in [-0.05, 0) is 30.2 Å². The normalized spacial score (nSPS) is 12.1. The zero-order chi connectivity index (χ0) is 19.7. The fourth-order valence-electron chi connectivity index (χ4n) is 3.15. The molecule has 0 aliphatic carbocycles. The summed E-state index contributed by atoms with van der Waals surface area (Å²) in [6.07, 6.45) is 0.804. The summed E-state index contributed by atoms with van der Waals surface area (Å²) in [7, 11) is 0. The van der Waals surface area contributed by atoms with E-state index in [2.05, 4.69) is 22.1 Å². The largest absolute Gasteiger partial charge is 0.493 e. The lowest BCUT2D eigenvalue weighted by molar-refractivity contribution is 0.357. The molecular formula is C20H15N5OS2. The summed E-state index contributed by atoms with van der Waals surface area (Å²) < 4.78 is 5.56. The minimum absolute atomic E-state index is 0.130. The van der Waals surface area contributed by atoms with Gasteiger partial charge in [0.25, 0.3) is 0 Å². The Kier molecular flexibility index (Phi) is 4.91. The molecule has 0 unspecified atom stereocenters. The van der Waals surface area contributed by atoms with E-state index in [-0.39, 0.29) is 11.4 Å². The third-order valence-electron chi connectivity index (χ3n) is 4.42. The van der Waals surface area contributed by atoms with Gasteiger partial charge in [0.15, 0.2) is 0 Å². The summed E-state index contributed by atoms with van der Waals surface area (Å²) >= 11 is 2.98. The van der Waals surface area contributed by atoms with Crippen molar-refractivity contribution in [1.82, 2.24) is 9.97 Å². The van der Waals surface area contributed by atoms with Crippen LogP contribution < -0.4 is 10.5 Å². The Hall–Kier alpha value is -3.07. The second kappa shape index (κ2) is 7.51. The van der Waals surface area contributed by atoms with Gasteiger partial charge in [0.2, 0.25) is 0 Å². The smallest absolute Gasteiger partial charge is 0.143 e. The van der Waals surface area contributed by atoms with Gasteiger partial charge < -0.3 is 10.5 Å². The van der Waals surface area contributed by atoms with E-state index in [0.29, 0.717) is 28.5 Å². The Morgan fingerprint density at radius 2 is 2.07 bits per heavy atom. The highest BCUT2D eigenvalue weighted by Crippen LogP contribution is 2.38. The van der Waals surface area contributed by atoms with Crippen LogP contribution in [-0.2, 0) is 12.2 Å². The van der Waals surface area contributed by atoms with Crippen molar-refractivity contribution in [2.75, 3.05) is 12.3 Å². The SMILES string of the molecule is Cc1nc(CSc2nc(N)c(C#N)c(-c3ccc4c(c3)CCO4)c2C#N)cs1. The van der Waals surface area contributed by atoms with E-state index in [9.17, 15) is 10.5 Å². The third-order valence-corrected chi connectivity index (χ3v) is 6.25. The summed E-state index contributed by atoms with van der Waals surface area (Å²) in [6.45, 7) is 2.59. The first-order chi connectivity index (χ1) is 13.6. The third kappa shape index (κ3) is 3.29. The molecule has 0 radical (unpaired) electrons. The maximum absolute atomic E-state index is 9.87. The van der Waals surface area contributed by atoms with Crippen LogP contribution in [0.3, 0.4) is 0 Å². The Morgan fingerprint density at radius 1 is 1.25 bits per heavy atom. The molecule has 0 atom stereocenters. The molecule has 8 heteroatoms. The van der Waals surface area contributed by atoms with E-state index in [1.807, 2.05) is 30.5 Å². The molecule has 1 aliphatic rings. The highest BCUT2D eigenvalue weighted by Gasteiger charge is 2.22. The van der Waals surface area contributed by atoms with Crippen LogP contribution in [0.2, 0.25) is 0 Å². The quantitative estimate of drug-likeness (QED) is 0.652. The number of aryl methyl sites for hydroxylation is 1. The Labute approximate surface area is 170 Å². The number of fused-ring (bicyclic) bond motifs is 1. The standard InChI is InChI=1S/C20H15N5OS2/c1-11-24-14(9-27-11)10-28-20-16(8-22)18(15(7-21)19(23)25-20)13-2-3-17-12(6-13)4-5-26-17/h2-3,6,9H,4-5,10H2,1H3,(H2,23,25). The summed E-state index contributed by atoms with van der Waals surface area (Å²) in [4.78, 5) is 8.79. The van der Waals surface area contributed by atoms with Crippen LogP contribution in [0.1, 0.15) is 27.4 Å². The molecule has 0 spiro atoms. The number of nitrogen functional groups attached to an aromatic ring is 1. The highest BCUT2D eigenvalue weighted by atomic mass is 32.2. The predicted molar refractivity (Wildman–Crippen MR) is 109 cm³/mol. The second-order valence-electron chi connectivity index (χ2n) is 6.22. The van der Waals surface area contributed by atoms with E-state index in [0.717, 1.165) is 34.0 Å². The summed E-state index contributed by atoms with van der Waals surface area (Å²) in [5.41, 5.74) is 9.97. The Bertz CT molecular complexity index is 1160. The number of nitrogens with zero attached hydrogens (tertiary/aromatic N) is 4. The molecular weight excluding hydrogens is 390 g/mol. The summed E-state index contributed by atoms with van der Waals surface area (Å²) in [6, 6.07) is 10.1. The number of ether oxygens (including phenoxy) is 1. The minimum atomic E-state index is 0.130. The lowest BCUT2D eigenvalue weighted by Crippen LogP contribution is -2.03. The molecule has 1 aromatic carbocycles. The van der Waals surface area contributed by atoms with Crippen molar-refractivity contribution < 1.29 is 4.74 Å². The summed E-state index contributed by atoms with van der Waals surface area (Å²) in [5.74, 6) is 1.55. The maximum Gasteiger partial charge on any atom is 0.143 e. The van der Waals surface area contributed by atoms with E-state index in [1.165, 1.54) is 11.8 Å². The number of aromatic nitrogens is 2. The van der Waals surface area contributed by atoms with Gasteiger partial charge in [-0.3, -0.25) is 0 Å². The maximum atomic E-state index is 9.87. The number of benzene rings is 1. The van der Waals surface area contributed by atoms with Crippen molar-refractivity contribution in [3.63, 3.8) is 0 Å². The molecule has 138 valence electrons. The molecule has 3 heterocycles. The van der Waals surface area contributed by atoms with Crippen LogP contribution in [0.4, 0.5) is 5.82 Å². The van der Waals surface area contributed by atoms with Gasteiger partial charge in [-0.1, -0.05) is 17.8 Å². The molecule has 0 amide bonds. The highest BCUT2D eigenvalue weighted by molar-refractivity contribution is 7.98. The molecule has 3 aromatic rings. The molecule has 0 fully saturated rings. The molecule has 1 aliphatic heterocycles. The fraction of sp³-hybridized carbons (Fsp3) is 0.200. The first-order valence-electron chi connectivity index (χ1n) is 8.54. The lowest BCUT2D eigenvalue weighted by atomic mass is 9.95. The number of nitriles is 2. The van der Waals surface area contributed by atoms with E-state index in [4.69, 9.17) is 10.5 Å². The zero-order valence-corrected chi connectivity index (χ0v) is 16.7. The van der Waals surface area contributed by atoms with Crippen LogP contribution >= 0.6 is 23.1 Å². The van der Waals surface area contributed by atoms with Crippen LogP contribution in [-0.4, -0.2) is 16.6 Å². The lowest BCUT2D eigenvalue weighted by Gasteiger charge is -2.13. The predicted octanol–water partition coefficient (Wildman–Crippen LogP) is 4.07. The zero-order valence-electron chi connectivity index (χ0n) is 15.0. The average molecular weight is 406 g/mol. The molecule has 4 rings (SSSR count). The molecule has 2 N–H and O–H groups in total. The fourth-order valence-corrected chi connectivity index (χ4v) is 4.76. The monoisotopic (exact) mass is 405 g/mol. The van der Waals surface area contributed by atoms with E-state index < -0.39 is 0 Å². The van der Waals surface area contributed by atoms with Crippen molar-refractivity contribution >= 4 is 28.9 Å². The van der Waals surface area contributed by atoms with Gasteiger partial charge in [-0.25, -0.2) is 9.97 Å². The van der Waals surface area contributed by atoms with Crippen molar-refractivity contribution in [3.05, 3.63) is 51.0 Å². The van der Waals surface area contributed by atoms with Crippen molar-refractivity contribution in [2.24, 2.45) is 0 Å². The van der Waals surface area contributed by atoms with Gasteiger partial charge in [0.1, 0.15) is 34.3 Å². The molecule has 0 bridgehead atoms. The van der Waals surface area contributed by atoms with Crippen LogP contribution in [0.5, 0.6) is 5.75 Å². The van der Waals surface area contributed by atoms with Crippen molar-refractivity contribution in [3.8, 4) is 29.0 Å². The van der Waals surface area contributed by atoms with Gasteiger partial charge in [0, 0.05) is 23.1 Å². The van der Waals surface area contributed by atoms with E-state index in [1.54, 1.807) is 11.3 Å². The number of rotatable bonds is 4. The molecule has 0 saturated carbocycles. The number of pyridine rings is 1.